The zero-order valence-electron chi connectivity index (χ0n) is 57.4. The smallest absolute Gasteiger partial charge is 0.252 e. The SMILES string of the molecule is CC(C)(C)c1cc2c3c(c1)N(c1ccccc1-c1ccccc1)c1cc(-n4c5ccc(-c6ccc7ccccc7c6)cc5c5c6ccccc6ccc54)ccc1B3c1ccc(-n3c4ccc(-c5ccc6ccccc6c5)cc4c4c5ccccc5ccc43)cc1N2c1ccccc1-c1ccccc1. The van der Waals surface area contributed by atoms with E-state index < -0.39 is 0 Å². The van der Waals surface area contributed by atoms with Crippen LogP contribution in [0.4, 0.5) is 34.1 Å². The molecule has 103 heavy (non-hydrogen) atoms. The third-order valence-electron chi connectivity index (χ3n) is 22.4. The molecular formula is C98H67BN4. The first-order valence-corrected chi connectivity index (χ1v) is 36.0. The predicted octanol–water partition coefficient (Wildman–Crippen LogP) is 24.5. The van der Waals surface area contributed by atoms with E-state index in [1.165, 1.54) is 131 Å². The van der Waals surface area contributed by atoms with Crippen LogP contribution in [-0.2, 0) is 5.41 Å². The second-order valence-electron chi connectivity index (χ2n) is 29.2. The van der Waals surface area contributed by atoms with E-state index in [0.29, 0.717) is 0 Å². The van der Waals surface area contributed by atoms with Crippen LogP contribution in [0.1, 0.15) is 26.3 Å². The van der Waals surface area contributed by atoms with E-state index in [9.17, 15) is 0 Å². The molecule has 0 radical (unpaired) electrons. The van der Waals surface area contributed by atoms with E-state index in [4.69, 9.17) is 0 Å². The van der Waals surface area contributed by atoms with Gasteiger partial charge in [0, 0.05) is 66.8 Å². The van der Waals surface area contributed by atoms with E-state index in [0.717, 1.165) is 67.4 Å². The molecule has 0 atom stereocenters. The maximum absolute atomic E-state index is 2.64. The molecule has 0 spiro atoms. The van der Waals surface area contributed by atoms with E-state index in [2.05, 4.69) is 392 Å². The van der Waals surface area contributed by atoms with Crippen LogP contribution in [0.15, 0.2) is 352 Å². The van der Waals surface area contributed by atoms with Crippen molar-refractivity contribution in [3.05, 3.63) is 357 Å². The number of anilines is 6. The zero-order chi connectivity index (χ0) is 68.2. The van der Waals surface area contributed by atoms with Crippen LogP contribution in [0.3, 0.4) is 0 Å². The number of aromatic nitrogens is 2. The number of rotatable bonds is 8. The zero-order valence-corrected chi connectivity index (χ0v) is 57.4. The molecule has 4 nitrogen and oxygen atoms in total. The Hall–Kier alpha value is -13.0. The molecule has 19 aromatic rings. The fraction of sp³-hybridized carbons (Fsp3) is 0.0408. The van der Waals surface area contributed by atoms with Gasteiger partial charge in [-0.25, -0.2) is 0 Å². The second kappa shape index (κ2) is 22.8. The van der Waals surface area contributed by atoms with Crippen molar-refractivity contribution in [1.29, 1.82) is 0 Å². The van der Waals surface area contributed by atoms with Gasteiger partial charge in [0.1, 0.15) is 0 Å². The Morgan fingerprint density at radius 2 is 0.612 bits per heavy atom. The molecule has 0 saturated heterocycles. The fourth-order valence-electron chi connectivity index (χ4n) is 17.5. The van der Waals surface area contributed by atoms with Crippen molar-refractivity contribution in [3.63, 3.8) is 0 Å². The molecule has 2 aliphatic heterocycles. The Bertz CT molecular complexity index is 6350. The van der Waals surface area contributed by atoms with E-state index in [1.807, 2.05) is 0 Å². The average Bonchev–Trinajstić information content (AvgIpc) is 0.922. The third-order valence-corrected chi connectivity index (χ3v) is 22.4. The van der Waals surface area contributed by atoms with Crippen LogP contribution in [0, 0.1) is 0 Å². The van der Waals surface area contributed by atoms with Gasteiger partial charge in [-0.15, -0.1) is 0 Å². The van der Waals surface area contributed by atoms with Gasteiger partial charge in [0.25, 0.3) is 6.71 Å². The van der Waals surface area contributed by atoms with E-state index >= 15 is 0 Å². The van der Waals surface area contributed by atoms with Gasteiger partial charge in [-0.1, -0.05) is 276 Å². The molecule has 5 heteroatoms. The summed E-state index contributed by atoms with van der Waals surface area (Å²) in [5.41, 5.74) is 27.9. The molecule has 0 amide bonds. The lowest BCUT2D eigenvalue weighted by Crippen LogP contribution is -2.61. The largest absolute Gasteiger partial charge is 0.311 e. The number of fused-ring (bicyclic) bond motifs is 16. The Morgan fingerprint density at radius 1 is 0.243 bits per heavy atom. The highest BCUT2D eigenvalue weighted by Crippen LogP contribution is 2.52. The lowest BCUT2D eigenvalue weighted by Gasteiger charge is -2.46. The van der Waals surface area contributed by atoms with Gasteiger partial charge in [0.2, 0.25) is 0 Å². The average molecular weight is 1310 g/mol. The van der Waals surface area contributed by atoms with E-state index in [-0.39, 0.29) is 12.1 Å². The summed E-state index contributed by atoms with van der Waals surface area (Å²) in [6.07, 6.45) is 0. The topological polar surface area (TPSA) is 16.3 Å². The standard InChI is InChI=1S/C98H67BN4/c1-98(2,3)74-58-93-97-94(59-74)103(86-37-21-19-33-78(86)65-26-8-5-9-27-65)92-61-76(101-88-51-45-73(71-41-39-63-23-11-13-31-69(63)55-71)57-82(88)96-80-35-17-15-29-67(80)43-53-90(96)101)47-49-84(92)99(97)83-48-46-75(60-91(83)102(93)85-36-20-18-32-77(85)64-24-6-4-7-25-64)100-87-50-44-72(70-40-38-62-22-10-12-30-68(62)54-70)56-81(87)95-79-34-16-14-28-66(79)42-52-89(95)100/h4-61H,1-3H3. The first kappa shape index (κ1) is 59.0. The maximum Gasteiger partial charge on any atom is 0.252 e. The number of hydrogen-bond acceptors (Lipinski definition) is 2. The summed E-state index contributed by atoms with van der Waals surface area (Å²) in [5.74, 6) is 0. The number of nitrogens with zero attached hydrogens (tertiary/aromatic N) is 4. The number of para-hydroxylation sites is 2. The molecule has 2 aliphatic rings. The Labute approximate surface area is 598 Å². The highest BCUT2D eigenvalue weighted by Gasteiger charge is 2.45. The predicted molar refractivity (Wildman–Crippen MR) is 440 cm³/mol. The van der Waals surface area contributed by atoms with Gasteiger partial charge in [-0.3, -0.25) is 0 Å². The summed E-state index contributed by atoms with van der Waals surface area (Å²) < 4.78 is 5.08. The van der Waals surface area contributed by atoms with Gasteiger partial charge in [0.05, 0.1) is 33.4 Å². The van der Waals surface area contributed by atoms with Crippen molar-refractivity contribution in [2.75, 3.05) is 9.80 Å². The minimum atomic E-state index is -0.268. The summed E-state index contributed by atoms with van der Waals surface area (Å²) in [4.78, 5) is 5.28. The van der Waals surface area contributed by atoms with Gasteiger partial charge >= 0.3 is 0 Å². The molecule has 0 unspecified atom stereocenters. The molecule has 0 aliphatic carbocycles. The van der Waals surface area contributed by atoms with Crippen molar-refractivity contribution in [2.24, 2.45) is 0 Å². The van der Waals surface area contributed by atoms with Crippen molar-refractivity contribution >= 4 is 144 Å². The molecule has 4 heterocycles. The lowest BCUT2D eigenvalue weighted by molar-refractivity contribution is 0.590. The molecule has 482 valence electrons. The molecular weight excluding hydrogens is 1240 g/mol. The first-order chi connectivity index (χ1) is 50.7. The summed E-state index contributed by atoms with van der Waals surface area (Å²) in [6, 6.07) is 133. The van der Waals surface area contributed by atoms with Crippen LogP contribution in [0.25, 0.3) is 143 Å². The molecule has 0 fully saturated rings. The molecule has 0 saturated carbocycles. The van der Waals surface area contributed by atoms with Crippen molar-refractivity contribution < 1.29 is 0 Å². The first-order valence-electron chi connectivity index (χ1n) is 36.0. The molecule has 0 N–H and O–H groups in total. The highest BCUT2D eigenvalue weighted by atomic mass is 15.2. The molecule has 0 bridgehead atoms. The van der Waals surface area contributed by atoms with Gasteiger partial charge in [-0.2, -0.15) is 0 Å². The van der Waals surface area contributed by atoms with Crippen molar-refractivity contribution in [2.45, 2.75) is 26.2 Å². The molecule has 21 rings (SSSR count). The van der Waals surface area contributed by atoms with Gasteiger partial charge in [0.15, 0.2) is 0 Å². The van der Waals surface area contributed by atoms with Crippen LogP contribution in [0.5, 0.6) is 0 Å². The monoisotopic (exact) mass is 1310 g/mol. The number of benzene rings is 17. The van der Waals surface area contributed by atoms with Gasteiger partial charge in [-0.05, 0) is 201 Å². The van der Waals surface area contributed by atoms with Crippen molar-refractivity contribution in [1.82, 2.24) is 9.13 Å². The Kier molecular flexibility index (Phi) is 13.0. The fourth-order valence-corrected chi connectivity index (χ4v) is 17.5. The minimum absolute atomic E-state index is 0.189. The van der Waals surface area contributed by atoms with Crippen LogP contribution < -0.4 is 26.2 Å². The molecule has 2 aromatic heterocycles. The Morgan fingerprint density at radius 3 is 1.07 bits per heavy atom. The Balaban J connectivity index is 0.846. The summed E-state index contributed by atoms with van der Waals surface area (Å²) >= 11 is 0. The quantitative estimate of drug-likeness (QED) is 0.141. The molecule has 17 aromatic carbocycles. The second-order valence-corrected chi connectivity index (χ2v) is 29.2. The minimum Gasteiger partial charge on any atom is -0.311 e. The normalized spacial score (nSPS) is 12.7. The van der Waals surface area contributed by atoms with E-state index in [1.54, 1.807) is 0 Å². The van der Waals surface area contributed by atoms with Crippen molar-refractivity contribution in [3.8, 4) is 55.9 Å². The number of hydrogen-bond donors (Lipinski definition) is 0. The van der Waals surface area contributed by atoms with Gasteiger partial charge < -0.3 is 18.9 Å². The van der Waals surface area contributed by atoms with Crippen LogP contribution >= 0.6 is 0 Å². The summed E-state index contributed by atoms with van der Waals surface area (Å²) in [7, 11) is 0. The highest BCUT2D eigenvalue weighted by molar-refractivity contribution is 7.00. The summed E-state index contributed by atoms with van der Waals surface area (Å²) in [5, 5.41) is 14.8. The van der Waals surface area contributed by atoms with Crippen LogP contribution in [0.2, 0.25) is 0 Å². The maximum atomic E-state index is 2.64. The van der Waals surface area contributed by atoms with Crippen LogP contribution in [-0.4, -0.2) is 15.8 Å². The lowest BCUT2D eigenvalue weighted by atomic mass is 9.33. The third kappa shape index (κ3) is 9.18. The summed E-state index contributed by atoms with van der Waals surface area (Å²) in [6.45, 7) is 6.94.